The summed E-state index contributed by atoms with van der Waals surface area (Å²) in [5.74, 6) is 0.114. The van der Waals surface area contributed by atoms with Crippen molar-refractivity contribution in [3.63, 3.8) is 0 Å². The molecule has 0 fully saturated rings. The molecule has 4 rings (SSSR count). The third kappa shape index (κ3) is 4.44. The summed E-state index contributed by atoms with van der Waals surface area (Å²) in [5.41, 5.74) is 1.95. The smallest absolute Gasteiger partial charge is 0.338 e. The SMILES string of the molecule is CCOC(=O)C1=C(C)N=c2s/c(=C\Nc3ccccc3Cl)c(=O)n2[C@H]1c1cccc(OC)c1. The topological polar surface area (TPSA) is 81.9 Å². The molecule has 1 atom stereocenters. The van der Waals surface area contributed by atoms with Gasteiger partial charge in [0.1, 0.15) is 10.3 Å². The van der Waals surface area contributed by atoms with E-state index in [2.05, 4.69) is 10.3 Å². The third-order valence-electron chi connectivity index (χ3n) is 5.16. The van der Waals surface area contributed by atoms with Gasteiger partial charge in [-0.3, -0.25) is 9.36 Å². The van der Waals surface area contributed by atoms with Gasteiger partial charge in [-0.1, -0.05) is 47.2 Å². The van der Waals surface area contributed by atoms with Gasteiger partial charge in [0.2, 0.25) is 0 Å². The van der Waals surface area contributed by atoms with Gasteiger partial charge in [-0.25, -0.2) is 9.79 Å². The van der Waals surface area contributed by atoms with Crippen molar-refractivity contribution in [1.82, 2.24) is 4.57 Å². The van der Waals surface area contributed by atoms with Crippen LogP contribution in [0.1, 0.15) is 25.5 Å². The molecule has 7 nitrogen and oxygen atoms in total. The van der Waals surface area contributed by atoms with E-state index in [0.29, 0.717) is 37.1 Å². The molecular weight excluding hydrogens is 462 g/mol. The number of anilines is 1. The molecule has 1 aromatic heterocycles. The Morgan fingerprint density at radius 2 is 2.06 bits per heavy atom. The summed E-state index contributed by atoms with van der Waals surface area (Å²) in [7, 11) is 1.57. The van der Waals surface area contributed by atoms with Gasteiger partial charge in [0, 0.05) is 6.20 Å². The lowest BCUT2D eigenvalue weighted by molar-refractivity contribution is -0.139. The number of thiazole rings is 1. The normalized spacial score (nSPS) is 15.6. The largest absolute Gasteiger partial charge is 0.497 e. The maximum absolute atomic E-state index is 13.5. The molecular formula is C24H22ClN3O4S. The number of hydrogen-bond acceptors (Lipinski definition) is 7. The van der Waals surface area contributed by atoms with Crippen LogP contribution in [-0.2, 0) is 9.53 Å². The maximum atomic E-state index is 13.5. The first kappa shape index (κ1) is 22.8. The van der Waals surface area contributed by atoms with Crippen molar-refractivity contribution in [3.05, 3.63) is 90.1 Å². The molecule has 9 heteroatoms. The van der Waals surface area contributed by atoms with E-state index < -0.39 is 12.0 Å². The van der Waals surface area contributed by atoms with Gasteiger partial charge in [0.05, 0.1) is 41.7 Å². The molecule has 33 heavy (non-hydrogen) atoms. The number of allylic oxidation sites excluding steroid dienone is 1. The van der Waals surface area contributed by atoms with Crippen molar-refractivity contribution in [3.8, 4) is 5.75 Å². The fraction of sp³-hybridized carbons (Fsp3) is 0.208. The van der Waals surface area contributed by atoms with Gasteiger partial charge >= 0.3 is 5.97 Å². The van der Waals surface area contributed by atoms with Crippen LogP contribution in [0.25, 0.3) is 6.20 Å². The lowest BCUT2D eigenvalue weighted by Gasteiger charge is -2.24. The number of para-hydroxylation sites is 1. The summed E-state index contributed by atoms with van der Waals surface area (Å²) in [5, 5.41) is 3.63. The highest BCUT2D eigenvalue weighted by Gasteiger charge is 2.33. The maximum Gasteiger partial charge on any atom is 0.338 e. The first-order valence-electron chi connectivity index (χ1n) is 10.3. The minimum Gasteiger partial charge on any atom is -0.497 e. The number of carbonyl (C=O) groups is 1. The number of benzene rings is 2. The first-order valence-corrected chi connectivity index (χ1v) is 11.5. The molecule has 0 radical (unpaired) electrons. The van der Waals surface area contributed by atoms with Crippen LogP contribution in [0.3, 0.4) is 0 Å². The highest BCUT2D eigenvalue weighted by molar-refractivity contribution is 7.07. The van der Waals surface area contributed by atoms with E-state index in [9.17, 15) is 9.59 Å². The second-order valence-corrected chi connectivity index (χ2v) is 8.62. The van der Waals surface area contributed by atoms with Crippen LogP contribution in [0.2, 0.25) is 5.02 Å². The molecule has 170 valence electrons. The fourth-order valence-electron chi connectivity index (χ4n) is 3.64. The Kier molecular flexibility index (Phi) is 6.67. The number of halogens is 1. The monoisotopic (exact) mass is 483 g/mol. The molecule has 0 bridgehead atoms. The number of esters is 1. The number of hydrogen-bond donors (Lipinski definition) is 1. The van der Waals surface area contributed by atoms with Crippen molar-refractivity contribution in [2.45, 2.75) is 19.9 Å². The standard InChI is InChI=1S/C24H22ClN3O4S/c1-4-32-23(30)20-14(2)27-24-28(21(20)15-8-7-9-16(12-15)31-3)22(29)19(33-24)13-26-18-11-6-5-10-17(18)25/h5-13,21,26H,4H2,1-3H3/b19-13-/t21-/m0/s1. The van der Waals surface area contributed by atoms with E-state index in [4.69, 9.17) is 21.1 Å². The second-order valence-electron chi connectivity index (χ2n) is 7.20. The predicted octanol–water partition coefficient (Wildman–Crippen LogP) is 3.48. The molecule has 1 aliphatic rings. The highest BCUT2D eigenvalue weighted by Crippen LogP contribution is 2.32. The lowest BCUT2D eigenvalue weighted by Crippen LogP contribution is -2.40. The number of rotatable bonds is 6. The van der Waals surface area contributed by atoms with Crippen LogP contribution in [0.4, 0.5) is 5.69 Å². The second kappa shape index (κ2) is 9.64. The van der Waals surface area contributed by atoms with Crippen molar-refractivity contribution in [1.29, 1.82) is 0 Å². The van der Waals surface area contributed by atoms with Gasteiger partial charge in [-0.15, -0.1) is 0 Å². The van der Waals surface area contributed by atoms with Crippen molar-refractivity contribution < 1.29 is 14.3 Å². The summed E-state index contributed by atoms with van der Waals surface area (Å²) in [6.45, 7) is 3.70. The number of fused-ring (bicyclic) bond motifs is 1. The lowest BCUT2D eigenvalue weighted by atomic mass is 9.95. The Morgan fingerprint density at radius 1 is 1.27 bits per heavy atom. The molecule has 0 unspecified atom stereocenters. The Balaban J connectivity index is 1.89. The number of nitrogens with zero attached hydrogens (tertiary/aromatic N) is 2. The van der Waals surface area contributed by atoms with E-state index in [0.717, 1.165) is 5.56 Å². The van der Waals surface area contributed by atoms with Gasteiger partial charge in [-0.05, 0) is 43.7 Å². The van der Waals surface area contributed by atoms with Gasteiger partial charge < -0.3 is 14.8 Å². The summed E-state index contributed by atoms with van der Waals surface area (Å²) in [4.78, 5) is 31.4. The van der Waals surface area contributed by atoms with Crippen LogP contribution < -0.4 is 24.9 Å². The molecule has 1 aliphatic heterocycles. The molecule has 0 saturated heterocycles. The minimum atomic E-state index is -0.696. The average molecular weight is 484 g/mol. The predicted molar refractivity (Wildman–Crippen MR) is 129 cm³/mol. The van der Waals surface area contributed by atoms with Crippen LogP contribution >= 0.6 is 22.9 Å². The molecule has 2 heterocycles. The minimum absolute atomic E-state index is 0.215. The zero-order valence-electron chi connectivity index (χ0n) is 18.3. The van der Waals surface area contributed by atoms with Crippen LogP contribution in [0, 0.1) is 0 Å². The Hall–Kier alpha value is -3.36. The third-order valence-corrected chi connectivity index (χ3v) is 6.47. The number of ether oxygens (including phenoxy) is 2. The molecule has 3 aromatic rings. The average Bonchev–Trinajstić information content (AvgIpc) is 3.12. The molecule has 1 N–H and O–H groups in total. The Bertz CT molecular complexity index is 1420. The molecule has 0 amide bonds. The van der Waals surface area contributed by atoms with E-state index in [1.165, 1.54) is 15.9 Å². The highest BCUT2D eigenvalue weighted by atomic mass is 35.5. The quantitative estimate of drug-likeness (QED) is 0.543. The molecule has 0 saturated carbocycles. The van der Waals surface area contributed by atoms with E-state index in [1.807, 2.05) is 36.4 Å². The zero-order valence-corrected chi connectivity index (χ0v) is 19.9. The van der Waals surface area contributed by atoms with Crippen LogP contribution in [-0.4, -0.2) is 24.3 Å². The summed E-state index contributed by atoms with van der Waals surface area (Å²) >= 11 is 7.45. The number of nitrogens with one attached hydrogen (secondary N) is 1. The Labute approximate surface area is 199 Å². The number of methoxy groups -OCH3 is 1. The van der Waals surface area contributed by atoms with Gasteiger partial charge in [-0.2, -0.15) is 0 Å². The van der Waals surface area contributed by atoms with Crippen LogP contribution in [0.15, 0.2) is 69.6 Å². The van der Waals surface area contributed by atoms with Gasteiger partial charge in [0.25, 0.3) is 5.56 Å². The molecule has 0 spiro atoms. The van der Waals surface area contributed by atoms with Crippen LogP contribution in [0.5, 0.6) is 5.75 Å². The van der Waals surface area contributed by atoms with Crippen molar-refractivity contribution >= 4 is 40.8 Å². The van der Waals surface area contributed by atoms with E-state index >= 15 is 0 Å². The number of carbonyl (C=O) groups excluding carboxylic acids is 1. The van der Waals surface area contributed by atoms with Crippen molar-refractivity contribution in [2.75, 3.05) is 19.0 Å². The fourth-order valence-corrected chi connectivity index (χ4v) is 4.80. The first-order chi connectivity index (χ1) is 15.9. The van der Waals surface area contributed by atoms with Gasteiger partial charge in [0.15, 0.2) is 4.80 Å². The summed E-state index contributed by atoms with van der Waals surface area (Å²) in [6.07, 6.45) is 1.61. The summed E-state index contributed by atoms with van der Waals surface area (Å²) < 4.78 is 12.6. The Morgan fingerprint density at radius 3 is 2.79 bits per heavy atom. The molecule has 0 aliphatic carbocycles. The zero-order chi connectivity index (χ0) is 23.5. The summed E-state index contributed by atoms with van der Waals surface area (Å²) in [6, 6.07) is 13.8. The number of aromatic nitrogens is 1. The molecule has 2 aromatic carbocycles. The van der Waals surface area contributed by atoms with Crippen molar-refractivity contribution in [2.24, 2.45) is 4.99 Å². The van der Waals surface area contributed by atoms with E-state index in [1.54, 1.807) is 39.3 Å². The van der Waals surface area contributed by atoms with E-state index in [-0.39, 0.29) is 12.2 Å².